The molecule has 0 saturated carbocycles. The lowest BCUT2D eigenvalue weighted by molar-refractivity contribution is 1.31. The highest BCUT2D eigenvalue weighted by molar-refractivity contribution is 8.23. The van der Waals surface area contributed by atoms with Crippen molar-refractivity contribution in [1.82, 2.24) is 4.98 Å². The van der Waals surface area contributed by atoms with Crippen LogP contribution in [0.25, 0.3) is 10.2 Å². The highest BCUT2D eigenvalue weighted by atomic mass is 32.2. The maximum Gasteiger partial charge on any atom is 0.158 e. The lowest BCUT2D eigenvalue weighted by Crippen LogP contribution is -2.00. The second-order valence-electron chi connectivity index (χ2n) is 2.37. The molecule has 2 rings (SSSR count). The third kappa shape index (κ3) is 1.99. The van der Waals surface area contributed by atoms with Gasteiger partial charge in [0.1, 0.15) is 4.32 Å². The van der Waals surface area contributed by atoms with Crippen molar-refractivity contribution in [2.75, 3.05) is 0 Å². The molecule has 5 heteroatoms. The van der Waals surface area contributed by atoms with Gasteiger partial charge in [-0.25, -0.2) is 4.98 Å². The van der Waals surface area contributed by atoms with Crippen molar-refractivity contribution < 1.29 is 0 Å². The van der Waals surface area contributed by atoms with E-state index in [-0.39, 0.29) is 0 Å². The van der Waals surface area contributed by atoms with Crippen molar-refractivity contribution in [2.24, 2.45) is 5.73 Å². The summed E-state index contributed by atoms with van der Waals surface area (Å²) in [5, 5.41) is 0. The van der Waals surface area contributed by atoms with E-state index in [9.17, 15) is 0 Å². The molecule has 0 atom stereocenters. The number of para-hydroxylation sites is 1. The van der Waals surface area contributed by atoms with Gasteiger partial charge in [-0.05, 0) is 23.9 Å². The number of aromatic nitrogens is 1. The molecule has 2 aromatic rings. The van der Waals surface area contributed by atoms with Gasteiger partial charge in [-0.15, -0.1) is 11.3 Å². The van der Waals surface area contributed by atoms with Gasteiger partial charge in [0.05, 0.1) is 10.2 Å². The highest BCUT2D eigenvalue weighted by Gasteiger charge is 2.03. The zero-order valence-electron chi connectivity index (χ0n) is 6.56. The van der Waals surface area contributed by atoms with E-state index in [0.29, 0.717) is 4.32 Å². The van der Waals surface area contributed by atoms with Gasteiger partial charge >= 0.3 is 0 Å². The number of nitrogens with zero attached hydrogens (tertiary/aromatic N) is 1. The Labute approximate surface area is 89.2 Å². The molecule has 2 nitrogen and oxygen atoms in total. The molecule has 0 aliphatic rings. The number of thioether (sulfide) groups is 1. The quantitative estimate of drug-likeness (QED) is 0.599. The third-order valence-corrected chi connectivity index (χ3v) is 3.51. The summed E-state index contributed by atoms with van der Waals surface area (Å²) in [6.07, 6.45) is 0. The molecular weight excluding hydrogens is 220 g/mol. The average molecular weight is 226 g/mol. The monoisotopic (exact) mass is 226 g/mol. The molecular formula is C8H6N2S3. The summed E-state index contributed by atoms with van der Waals surface area (Å²) in [5.74, 6) is 0. The molecule has 0 aliphatic heterocycles. The predicted molar refractivity (Wildman–Crippen MR) is 62.3 cm³/mol. The van der Waals surface area contributed by atoms with E-state index in [1.54, 1.807) is 11.3 Å². The Bertz CT molecular complexity index is 416. The Morgan fingerprint density at radius 3 is 2.92 bits per heavy atom. The molecule has 0 amide bonds. The fourth-order valence-corrected chi connectivity index (χ4v) is 3.09. The van der Waals surface area contributed by atoms with Crippen molar-refractivity contribution in [3.05, 3.63) is 24.3 Å². The van der Waals surface area contributed by atoms with Gasteiger partial charge in [0.2, 0.25) is 0 Å². The first-order chi connectivity index (χ1) is 6.25. The van der Waals surface area contributed by atoms with Crippen LogP contribution in [0.5, 0.6) is 0 Å². The molecule has 0 unspecified atom stereocenters. The number of thiocarbonyl (C=S) groups is 1. The van der Waals surface area contributed by atoms with Gasteiger partial charge in [0.25, 0.3) is 0 Å². The van der Waals surface area contributed by atoms with Crippen LogP contribution in [0.3, 0.4) is 0 Å². The van der Waals surface area contributed by atoms with E-state index in [1.807, 2.05) is 24.3 Å². The van der Waals surface area contributed by atoms with E-state index < -0.39 is 0 Å². The minimum atomic E-state index is 0.416. The predicted octanol–water partition coefficient (Wildman–Crippen LogP) is 2.63. The summed E-state index contributed by atoms with van der Waals surface area (Å²) in [7, 11) is 0. The van der Waals surface area contributed by atoms with E-state index in [1.165, 1.54) is 16.5 Å². The molecule has 1 heterocycles. The van der Waals surface area contributed by atoms with E-state index >= 15 is 0 Å². The van der Waals surface area contributed by atoms with E-state index in [4.69, 9.17) is 18.0 Å². The van der Waals surface area contributed by atoms with Gasteiger partial charge in [-0.1, -0.05) is 24.4 Å². The maximum absolute atomic E-state index is 5.41. The fraction of sp³-hybridized carbons (Fsp3) is 0. The summed E-state index contributed by atoms with van der Waals surface area (Å²) >= 11 is 7.74. The van der Waals surface area contributed by atoms with E-state index in [0.717, 1.165) is 9.86 Å². The van der Waals surface area contributed by atoms with Crippen molar-refractivity contribution in [2.45, 2.75) is 4.34 Å². The molecule has 0 fully saturated rings. The molecule has 13 heavy (non-hydrogen) atoms. The molecule has 0 radical (unpaired) electrons. The first-order valence-corrected chi connectivity index (χ1v) is 5.63. The SMILES string of the molecule is NC(=S)Sc1nc2ccccc2s1. The van der Waals surface area contributed by atoms with Crippen LogP contribution >= 0.6 is 35.3 Å². The van der Waals surface area contributed by atoms with Gasteiger partial charge in [-0.2, -0.15) is 0 Å². The molecule has 1 aromatic heterocycles. The Balaban J connectivity index is 2.44. The average Bonchev–Trinajstić information content (AvgIpc) is 2.44. The van der Waals surface area contributed by atoms with Gasteiger partial charge in [0.15, 0.2) is 4.34 Å². The molecule has 2 N–H and O–H groups in total. The largest absolute Gasteiger partial charge is 0.384 e. The summed E-state index contributed by atoms with van der Waals surface area (Å²) in [6.45, 7) is 0. The summed E-state index contributed by atoms with van der Waals surface area (Å²) in [6, 6.07) is 7.99. The Hall–Kier alpha value is -0.650. The number of thiazole rings is 1. The van der Waals surface area contributed by atoms with Crippen molar-refractivity contribution in [3.63, 3.8) is 0 Å². The molecule has 0 spiro atoms. The Morgan fingerprint density at radius 2 is 2.23 bits per heavy atom. The van der Waals surface area contributed by atoms with Crippen LogP contribution in [0.15, 0.2) is 28.6 Å². The molecule has 0 bridgehead atoms. The van der Waals surface area contributed by atoms with Crippen LogP contribution in [-0.4, -0.2) is 9.30 Å². The molecule has 0 saturated heterocycles. The van der Waals surface area contributed by atoms with Crippen molar-refractivity contribution in [1.29, 1.82) is 0 Å². The minimum Gasteiger partial charge on any atom is -0.384 e. The zero-order valence-corrected chi connectivity index (χ0v) is 9.01. The van der Waals surface area contributed by atoms with Crippen LogP contribution in [0, 0.1) is 0 Å². The Kier molecular flexibility index (Phi) is 2.48. The van der Waals surface area contributed by atoms with Crippen LogP contribution < -0.4 is 5.73 Å². The number of nitrogens with two attached hydrogens (primary N) is 1. The normalized spacial score (nSPS) is 10.5. The van der Waals surface area contributed by atoms with E-state index in [2.05, 4.69) is 4.98 Å². The van der Waals surface area contributed by atoms with Crippen molar-refractivity contribution in [3.8, 4) is 0 Å². The molecule has 1 aromatic carbocycles. The second-order valence-corrected chi connectivity index (χ2v) is 5.39. The van der Waals surface area contributed by atoms with Crippen LogP contribution in [0.2, 0.25) is 0 Å². The summed E-state index contributed by atoms with van der Waals surface area (Å²) in [5.41, 5.74) is 6.41. The lowest BCUT2D eigenvalue weighted by atomic mass is 10.3. The van der Waals surface area contributed by atoms with Gasteiger partial charge in [0, 0.05) is 0 Å². The standard InChI is InChI=1S/C8H6N2S3/c9-7(11)13-8-10-5-3-1-2-4-6(5)12-8/h1-4H,(H2,9,11). The van der Waals surface area contributed by atoms with Gasteiger partial charge < -0.3 is 5.73 Å². The fourth-order valence-electron chi connectivity index (χ4n) is 0.981. The number of benzene rings is 1. The van der Waals surface area contributed by atoms with Crippen LogP contribution in [0.4, 0.5) is 0 Å². The van der Waals surface area contributed by atoms with Crippen molar-refractivity contribution >= 4 is 49.9 Å². The van der Waals surface area contributed by atoms with Crippen LogP contribution in [0.1, 0.15) is 0 Å². The number of fused-ring (bicyclic) bond motifs is 1. The first-order valence-electron chi connectivity index (χ1n) is 3.58. The number of rotatable bonds is 1. The topological polar surface area (TPSA) is 38.9 Å². The number of hydrogen-bond acceptors (Lipinski definition) is 4. The van der Waals surface area contributed by atoms with Crippen LogP contribution in [-0.2, 0) is 0 Å². The first kappa shape index (κ1) is 8.93. The molecule has 66 valence electrons. The highest BCUT2D eigenvalue weighted by Crippen LogP contribution is 2.28. The smallest absolute Gasteiger partial charge is 0.158 e. The van der Waals surface area contributed by atoms with Gasteiger partial charge in [-0.3, -0.25) is 0 Å². The summed E-state index contributed by atoms with van der Waals surface area (Å²) < 4.78 is 2.49. The third-order valence-electron chi connectivity index (χ3n) is 1.46. The molecule has 0 aliphatic carbocycles. The Morgan fingerprint density at radius 1 is 1.46 bits per heavy atom. The minimum absolute atomic E-state index is 0.416. The number of hydrogen-bond donors (Lipinski definition) is 1. The second kappa shape index (κ2) is 3.61. The summed E-state index contributed by atoms with van der Waals surface area (Å²) in [4.78, 5) is 4.37. The lowest BCUT2D eigenvalue weighted by Gasteiger charge is -1.88. The zero-order chi connectivity index (χ0) is 9.26. The maximum atomic E-state index is 5.41.